The van der Waals surface area contributed by atoms with Crippen LogP contribution in [-0.2, 0) is 13.0 Å². The zero-order chi connectivity index (χ0) is 15.6. The van der Waals surface area contributed by atoms with Gasteiger partial charge in [0.1, 0.15) is 0 Å². The molecule has 0 saturated heterocycles. The number of para-hydroxylation sites is 1. The molecule has 23 heavy (non-hydrogen) atoms. The van der Waals surface area contributed by atoms with Gasteiger partial charge < -0.3 is 4.90 Å². The van der Waals surface area contributed by atoms with Crippen LogP contribution in [0, 0.1) is 0 Å². The van der Waals surface area contributed by atoms with E-state index in [2.05, 4.69) is 52.5 Å². The maximum Gasteiger partial charge on any atom is 0.0708 e. The van der Waals surface area contributed by atoms with Gasteiger partial charge in [0.05, 0.1) is 11.7 Å². The minimum atomic E-state index is 0.689. The molecular formula is C19H22N4. The molecule has 4 nitrogen and oxygen atoms in total. The number of H-pyrrole nitrogens is 1. The highest BCUT2D eigenvalue weighted by atomic mass is 15.1. The van der Waals surface area contributed by atoms with Gasteiger partial charge in [-0.3, -0.25) is 10.1 Å². The second-order valence-electron chi connectivity index (χ2n) is 6.59. The van der Waals surface area contributed by atoms with Crippen LogP contribution in [-0.4, -0.2) is 33.7 Å². The standard InChI is InChI=1S/C19H22N4/c1-23(9-8-14-11-20-21-12-14)13-16-10-19(15-6-7-15)22-18-5-3-2-4-17(16)18/h2-5,10-12,15H,6-9,13H2,1H3,(H,20,21). The first-order valence-electron chi connectivity index (χ1n) is 8.34. The number of hydrogen-bond donors (Lipinski definition) is 1. The maximum absolute atomic E-state index is 4.86. The third kappa shape index (κ3) is 3.27. The van der Waals surface area contributed by atoms with Gasteiger partial charge in [0, 0.05) is 36.3 Å². The van der Waals surface area contributed by atoms with Gasteiger partial charge in [-0.25, -0.2) is 0 Å². The van der Waals surface area contributed by atoms with Crippen molar-refractivity contribution in [2.45, 2.75) is 31.7 Å². The van der Waals surface area contributed by atoms with E-state index in [1.54, 1.807) is 0 Å². The molecule has 0 aliphatic heterocycles. The Labute approximate surface area is 136 Å². The van der Waals surface area contributed by atoms with Crippen molar-refractivity contribution in [2.24, 2.45) is 0 Å². The highest BCUT2D eigenvalue weighted by Crippen LogP contribution is 2.40. The predicted molar refractivity (Wildman–Crippen MR) is 92.3 cm³/mol. The summed E-state index contributed by atoms with van der Waals surface area (Å²) in [6.07, 6.45) is 7.48. The van der Waals surface area contributed by atoms with Crippen LogP contribution in [0.5, 0.6) is 0 Å². The van der Waals surface area contributed by atoms with E-state index in [0.29, 0.717) is 5.92 Å². The molecule has 0 bridgehead atoms. The molecular weight excluding hydrogens is 284 g/mol. The molecule has 1 saturated carbocycles. The van der Waals surface area contributed by atoms with E-state index in [1.807, 2.05) is 12.4 Å². The summed E-state index contributed by atoms with van der Waals surface area (Å²) in [5, 5.41) is 8.17. The Balaban J connectivity index is 1.54. The molecule has 2 aromatic heterocycles. The summed E-state index contributed by atoms with van der Waals surface area (Å²) in [4.78, 5) is 7.24. The van der Waals surface area contributed by atoms with Gasteiger partial charge >= 0.3 is 0 Å². The smallest absolute Gasteiger partial charge is 0.0708 e. The molecule has 1 aromatic carbocycles. The number of benzene rings is 1. The molecule has 118 valence electrons. The molecule has 0 radical (unpaired) electrons. The fraction of sp³-hybridized carbons (Fsp3) is 0.368. The van der Waals surface area contributed by atoms with Gasteiger partial charge in [0.2, 0.25) is 0 Å². The van der Waals surface area contributed by atoms with Crippen molar-refractivity contribution in [2.75, 3.05) is 13.6 Å². The lowest BCUT2D eigenvalue weighted by Crippen LogP contribution is -2.21. The third-order valence-electron chi connectivity index (χ3n) is 4.59. The van der Waals surface area contributed by atoms with E-state index in [1.165, 1.54) is 35.0 Å². The Bertz CT molecular complexity index is 790. The largest absolute Gasteiger partial charge is 0.302 e. The first-order valence-corrected chi connectivity index (χ1v) is 8.34. The lowest BCUT2D eigenvalue weighted by atomic mass is 10.1. The summed E-state index contributed by atoms with van der Waals surface area (Å²) in [6, 6.07) is 10.8. The monoisotopic (exact) mass is 306 g/mol. The second kappa shape index (κ2) is 6.13. The summed E-state index contributed by atoms with van der Waals surface area (Å²) < 4.78 is 0. The van der Waals surface area contributed by atoms with E-state index in [0.717, 1.165) is 25.0 Å². The van der Waals surface area contributed by atoms with Gasteiger partial charge in [-0.2, -0.15) is 5.10 Å². The Morgan fingerprint density at radius 1 is 1.26 bits per heavy atom. The average molecular weight is 306 g/mol. The Hall–Kier alpha value is -2.20. The number of hydrogen-bond acceptors (Lipinski definition) is 3. The predicted octanol–water partition coefficient (Wildman–Crippen LogP) is 3.51. The van der Waals surface area contributed by atoms with Gasteiger partial charge in [-0.05, 0) is 49.6 Å². The lowest BCUT2D eigenvalue weighted by Gasteiger charge is -2.18. The first-order chi connectivity index (χ1) is 11.3. The van der Waals surface area contributed by atoms with Crippen molar-refractivity contribution < 1.29 is 0 Å². The molecule has 0 unspecified atom stereocenters. The quantitative estimate of drug-likeness (QED) is 0.758. The van der Waals surface area contributed by atoms with Gasteiger partial charge in [0.15, 0.2) is 0 Å². The summed E-state index contributed by atoms with van der Waals surface area (Å²) in [5.41, 5.74) is 5.07. The van der Waals surface area contributed by atoms with Crippen LogP contribution in [0.1, 0.15) is 35.6 Å². The van der Waals surface area contributed by atoms with Crippen molar-refractivity contribution in [1.82, 2.24) is 20.1 Å². The number of aromatic nitrogens is 3. The van der Waals surface area contributed by atoms with Crippen LogP contribution in [0.2, 0.25) is 0 Å². The Morgan fingerprint density at radius 3 is 2.91 bits per heavy atom. The molecule has 4 heteroatoms. The first kappa shape index (κ1) is 14.4. The van der Waals surface area contributed by atoms with Gasteiger partial charge in [-0.1, -0.05) is 18.2 Å². The Morgan fingerprint density at radius 2 is 2.13 bits per heavy atom. The highest BCUT2D eigenvalue weighted by Gasteiger charge is 2.26. The fourth-order valence-electron chi connectivity index (χ4n) is 3.09. The summed E-state index contributed by atoms with van der Waals surface area (Å²) in [7, 11) is 2.19. The van der Waals surface area contributed by atoms with Crippen LogP contribution in [0.4, 0.5) is 0 Å². The topological polar surface area (TPSA) is 44.8 Å². The van der Waals surface area contributed by atoms with E-state index in [4.69, 9.17) is 4.98 Å². The number of nitrogens with one attached hydrogen (secondary N) is 1. The average Bonchev–Trinajstić information content (AvgIpc) is 3.29. The summed E-state index contributed by atoms with van der Waals surface area (Å²) in [6.45, 7) is 1.98. The normalized spacial score (nSPS) is 14.7. The third-order valence-corrected chi connectivity index (χ3v) is 4.59. The molecule has 2 heterocycles. The molecule has 4 rings (SSSR count). The molecule has 1 aliphatic rings. The number of pyridine rings is 1. The molecule has 1 N–H and O–H groups in total. The van der Waals surface area contributed by atoms with E-state index in [9.17, 15) is 0 Å². The molecule has 0 spiro atoms. The van der Waals surface area contributed by atoms with Crippen molar-refractivity contribution in [3.8, 4) is 0 Å². The van der Waals surface area contributed by atoms with Crippen LogP contribution in [0.3, 0.4) is 0 Å². The number of aromatic amines is 1. The van der Waals surface area contributed by atoms with Gasteiger partial charge in [0.25, 0.3) is 0 Å². The zero-order valence-corrected chi connectivity index (χ0v) is 13.5. The van der Waals surface area contributed by atoms with Gasteiger partial charge in [-0.15, -0.1) is 0 Å². The minimum Gasteiger partial charge on any atom is -0.302 e. The second-order valence-corrected chi connectivity index (χ2v) is 6.59. The number of nitrogens with zero attached hydrogens (tertiary/aromatic N) is 3. The SMILES string of the molecule is CN(CCc1cn[nH]c1)Cc1cc(C2CC2)nc2ccccc12. The molecule has 0 amide bonds. The molecule has 3 aromatic rings. The number of rotatable bonds is 6. The van der Waals surface area contributed by atoms with Crippen LogP contribution >= 0.6 is 0 Å². The van der Waals surface area contributed by atoms with Crippen molar-refractivity contribution >= 4 is 10.9 Å². The van der Waals surface area contributed by atoms with Crippen LogP contribution in [0.25, 0.3) is 10.9 Å². The number of fused-ring (bicyclic) bond motifs is 1. The van der Waals surface area contributed by atoms with Crippen LogP contribution < -0.4 is 0 Å². The molecule has 1 aliphatic carbocycles. The zero-order valence-electron chi connectivity index (χ0n) is 13.5. The van der Waals surface area contributed by atoms with Crippen molar-refractivity contribution in [1.29, 1.82) is 0 Å². The molecule has 1 fully saturated rings. The summed E-state index contributed by atoms with van der Waals surface area (Å²) >= 11 is 0. The lowest BCUT2D eigenvalue weighted by molar-refractivity contribution is 0.332. The fourth-order valence-corrected chi connectivity index (χ4v) is 3.09. The molecule has 0 atom stereocenters. The van der Waals surface area contributed by atoms with Crippen LogP contribution in [0.15, 0.2) is 42.7 Å². The Kier molecular flexibility index (Phi) is 3.83. The highest BCUT2D eigenvalue weighted by molar-refractivity contribution is 5.82. The number of likely N-dealkylation sites (N-methyl/N-ethyl adjacent to an activating group) is 1. The maximum atomic E-state index is 4.86. The van der Waals surface area contributed by atoms with E-state index in [-0.39, 0.29) is 0 Å². The van der Waals surface area contributed by atoms with E-state index >= 15 is 0 Å². The van der Waals surface area contributed by atoms with E-state index < -0.39 is 0 Å². The van der Waals surface area contributed by atoms with Crippen molar-refractivity contribution in [3.05, 3.63) is 59.5 Å². The minimum absolute atomic E-state index is 0.689. The summed E-state index contributed by atoms with van der Waals surface area (Å²) in [5.74, 6) is 0.689. The van der Waals surface area contributed by atoms with Crippen molar-refractivity contribution in [3.63, 3.8) is 0 Å².